The van der Waals surface area contributed by atoms with Crippen LogP contribution in [0.3, 0.4) is 0 Å². The van der Waals surface area contributed by atoms with E-state index in [1.165, 1.54) is 12.1 Å². The number of aromatic amines is 1. The molecule has 0 spiro atoms. The minimum atomic E-state index is -0.297. The molecule has 1 fully saturated rings. The maximum absolute atomic E-state index is 13.2. The van der Waals surface area contributed by atoms with E-state index in [0.717, 1.165) is 36.6 Å². The average molecular weight is 367 g/mol. The SMILES string of the molecule is Cc1nn(-c2ccc(F)cc2)c(C)c1C(=O)N1CCCC(c2ncc[nH]2)C1. The Morgan fingerprint density at radius 1 is 1.26 bits per heavy atom. The van der Waals surface area contributed by atoms with E-state index in [9.17, 15) is 9.18 Å². The molecule has 0 bridgehead atoms. The number of benzene rings is 1. The van der Waals surface area contributed by atoms with E-state index in [-0.39, 0.29) is 17.6 Å². The Hall–Kier alpha value is -2.96. The number of carbonyl (C=O) groups is 1. The molecule has 1 atom stereocenters. The molecule has 3 aromatic rings. The molecule has 1 amide bonds. The molecule has 140 valence electrons. The van der Waals surface area contributed by atoms with Gasteiger partial charge in [-0.25, -0.2) is 14.1 Å². The summed E-state index contributed by atoms with van der Waals surface area (Å²) in [5.41, 5.74) is 2.81. The summed E-state index contributed by atoms with van der Waals surface area (Å²) in [6, 6.07) is 6.12. The summed E-state index contributed by atoms with van der Waals surface area (Å²) < 4.78 is 14.9. The minimum absolute atomic E-state index is 0.00498. The molecule has 1 unspecified atom stereocenters. The number of nitrogens with one attached hydrogen (secondary N) is 1. The average Bonchev–Trinajstić information content (AvgIpc) is 3.31. The van der Waals surface area contributed by atoms with Gasteiger partial charge in [0.05, 0.1) is 22.6 Å². The van der Waals surface area contributed by atoms with Gasteiger partial charge in [0.2, 0.25) is 0 Å². The number of halogens is 1. The van der Waals surface area contributed by atoms with Crippen LogP contribution in [0.5, 0.6) is 0 Å². The Labute approximate surface area is 157 Å². The van der Waals surface area contributed by atoms with Crippen molar-refractivity contribution < 1.29 is 9.18 Å². The number of likely N-dealkylation sites (tertiary alicyclic amines) is 1. The van der Waals surface area contributed by atoms with Crippen molar-refractivity contribution in [1.29, 1.82) is 0 Å². The molecule has 4 rings (SSSR count). The summed E-state index contributed by atoms with van der Waals surface area (Å²) in [5.74, 6) is 0.858. The molecule has 0 aliphatic carbocycles. The zero-order chi connectivity index (χ0) is 19.0. The first-order chi connectivity index (χ1) is 13.0. The summed E-state index contributed by atoms with van der Waals surface area (Å²) in [7, 11) is 0. The molecule has 1 aliphatic heterocycles. The molecule has 0 saturated carbocycles. The molecular weight excluding hydrogens is 345 g/mol. The van der Waals surface area contributed by atoms with Crippen LogP contribution in [0, 0.1) is 19.7 Å². The van der Waals surface area contributed by atoms with Crippen LogP contribution in [-0.2, 0) is 0 Å². The number of amides is 1. The Bertz CT molecular complexity index is 946. The number of aromatic nitrogens is 4. The maximum Gasteiger partial charge on any atom is 0.257 e. The molecular formula is C20H22FN5O. The van der Waals surface area contributed by atoms with Gasteiger partial charge in [0.15, 0.2) is 0 Å². The maximum atomic E-state index is 13.2. The van der Waals surface area contributed by atoms with Crippen molar-refractivity contribution in [2.24, 2.45) is 0 Å². The molecule has 6 nitrogen and oxygen atoms in total. The zero-order valence-corrected chi connectivity index (χ0v) is 15.4. The summed E-state index contributed by atoms with van der Waals surface area (Å²) in [6.45, 7) is 5.10. The largest absolute Gasteiger partial charge is 0.348 e. The van der Waals surface area contributed by atoms with Crippen molar-refractivity contribution in [1.82, 2.24) is 24.6 Å². The van der Waals surface area contributed by atoms with Crippen LogP contribution in [-0.4, -0.2) is 43.6 Å². The number of rotatable bonds is 3. The van der Waals surface area contributed by atoms with Gasteiger partial charge in [0, 0.05) is 31.4 Å². The van der Waals surface area contributed by atoms with Gasteiger partial charge in [-0.15, -0.1) is 0 Å². The fraction of sp³-hybridized carbons (Fsp3) is 0.350. The third-order valence-corrected chi connectivity index (χ3v) is 5.19. The molecule has 1 aromatic carbocycles. The van der Waals surface area contributed by atoms with Crippen LogP contribution in [0.1, 0.15) is 46.3 Å². The fourth-order valence-corrected chi connectivity index (χ4v) is 3.83. The number of piperidine rings is 1. The lowest BCUT2D eigenvalue weighted by Gasteiger charge is -2.32. The molecule has 27 heavy (non-hydrogen) atoms. The molecule has 1 aliphatic rings. The van der Waals surface area contributed by atoms with Gasteiger partial charge in [0.25, 0.3) is 5.91 Å². The third-order valence-electron chi connectivity index (χ3n) is 5.19. The lowest BCUT2D eigenvalue weighted by atomic mass is 9.96. The van der Waals surface area contributed by atoms with Crippen molar-refractivity contribution in [2.75, 3.05) is 13.1 Å². The van der Waals surface area contributed by atoms with Gasteiger partial charge < -0.3 is 9.88 Å². The zero-order valence-electron chi connectivity index (χ0n) is 15.4. The number of imidazole rings is 1. The Kier molecular flexibility index (Phi) is 4.51. The Morgan fingerprint density at radius 3 is 2.74 bits per heavy atom. The first-order valence-corrected chi connectivity index (χ1v) is 9.15. The van der Waals surface area contributed by atoms with Crippen LogP contribution in [0.15, 0.2) is 36.7 Å². The van der Waals surface area contributed by atoms with Crippen LogP contribution >= 0.6 is 0 Å². The molecule has 0 radical (unpaired) electrons. The molecule has 1 saturated heterocycles. The lowest BCUT2D eigenvalue weighted by Crippen LogP contribution is -2.39. The van der Waals surface area contributed by atoms with Crippen molar-refractivity contribution in [3.05, 3.63) is 65.3 Å². The predicted molar refractivity (Wildman–Crippen MR) is 99.5 cm³/mol. The van der Waals surface area contributed by atoms with Crippen molar-refractivity contribution in [3.8, 4) is 5.69 Å². The molecule has 1 N–H and O–H groups in total. The van der Waals surface area contributed by atoms with Gasteiger partial charge in [-0.3, -0.25) is 4.79 Å². The lowest BCUT2D eigenvalue weighted by molar-refractivity contribution is 0.0703. The smallest absolute Gasteiger partial charge is 0.257 e. The van der Waals surface area contributed by atoms with E-state index in [1.807, 2.05) is 24.9 Å². The third kappa shape index (κ3) is 3.25. The van der Waals surface area contributed by atoms with Gasteiger partial charge in [0.1, 0.15) is 11.6 Å². The number of hydrogen-bond donors (Lipinski definition) is 1. The summed E-state index contributed by atoms with van der Waals surface area (Å²) in [6.07, 6.45) is 5.53. The number of H-pyrrole nitrogens is 1. The van der Waals surface area contributed by atoms with Gasteiger partial charge in [-0.1, -0.05) is 0 Å². The predicted octanol–water partition coefficient (Wildman–Crippen LogP) is 3.37. The highest BCUT2D eigenvalue weighted by Gasteiger charge is 2.30. The van der Waals surface area contributed by atoms with Crippen molar-refractivity contribution in [3.63, 3.8) is 0 Å². The second-order valence-corrected chi connectivity index (χ2v) is 7.00. The van der Waals surface area contributed by atoms with Crippen molar-refractivity contribution in [2.45, 2.75) is 32.6 Å². The highest BCUT2D eigenvalue weighted by molar-refractivity contribution is 5.96. The van der Waals surface area contributed by atoms with Crippen LogP contribution in [0.4, 0.5) is 4.39 Å². The number of nitrogens with zero attached hydrogens (tertiary/aromatic N) is 4. The van der Waals surface area contributed by atoms with E-state index < -0.39 is 0 Å². The Balaban J connectivity index is 1.61. The fourth-order valence-electron chi connectivity index (χ4n) is 3.83. The van der Waals surface area contributed by atoms with Crippen LogP contribution in [0.2, 0.25) is 0 Å². The summed E-state index contributed by atoms with van der Waals surface area (Å²) in [4.78, 5) is 22.6. The second-order valence-electron chi connectivity index (χ2n) is 7.00. The second kappa shape index (κ2) is 6.98. The van der Waals surface area contributed by atoms with Crippen molar-refractivity contribution >= 4 is 5.91 Å². The van der Waals surface area contributed by atoms with Gasteiger partial charge in [-0.2, -0.15) is 5.10 Å². The van der Waals surface area contributed by atoms with E-state index in [0.29, 0.717) is 17.8 Å². The number of aryl methyl sites for hydroxylation is 1. The molecule has 2 aromatic heterocycles. The normalized spacial score (nSPS) is 17.3. The van der Waals surface area contributed by atoms with Gasteiger partial charge in [-0.05, 0) is 51.0 Å². The number of carbonyl (C=O) groups excluding carboxylic acids is 1. The minimum Gasteiger partial charge on any atom is -0.348 e. The summed E-state index contributed by atoms with van der Waals surface area (Å²) >= 11 is 0. The molecule has 7 heteroatoms. The highest BCUT2D eigenvalue weighted by atomic mass is 19.1. The quantitative estimate of drug-likeness (QED) is 0.772. The van der Waals surface area contributed by atoms with E-state index in [1.54, 1.807) is 23.0 Å². The van der Waals surface area contributed by atoms with Crippen LogP contribution < -0.4 is 0 Å². The first-order valence-electron chi connectivity index (χ1n) is 9.15. The highest BCUT2D eigenvalue weighted by Crippen LogP contribution is 2.27. The monoisotopic (exact) mass is 367 g/mol. The summed E-state index contributed by atoms with van der Waals surface area (Å²) in [5, 5.41) is 4.52. The van der Waals surface area contributed by atoms with E-state index >= 15 is 0 Å². The van der Waals surface area contributed by atoms with E-state index in [4.69, 9.17) is 0 Å². The van der Waals surface area contributed by atoms with E-state index in [2.05, 4.69) is 15.1 Å². The first kappa shape index (κ1) is 17.5. The van der Waals surface area contributed by atoms with Crippen LogP contribution in [0.25, 0.3) is 5.69 Å². The van der Waals surface area contributed by atoms with Gasteiger partial charge >= 0.3 is 0 Å². The number of hydrogen-bond acceptors (Lipinski definition) is 3. The topological polar surface area (TPSA) is 66.8 Å². The molecule has 3 heterocycles. The Morgan fingerprint density at radius 2 is 2.04 bits per heavy atom. The standard InChI is InChI=1S/C20H22FN5O/c1-13-18(14(2)26(24-13)17-7-5-16(21)6-8-17)20(27)25-11-3-4-15(12-25)19-22-9-10-23-19/h5-10,15H,3-4,11-12H2,1-2H3,(H,22,23).